The quantitative estimate of drug-likeness (QED) is 0.174. The third kappa shape index (κ3) is 3.99. The fourth-order valence-electron chi connectivity index (χ4n) is 8.94. The van der Waals surface area contributed by atoms with Gasteiger partial charge in [0.1, 0.15) is 0 Å². The third-order valence-electron chi connectivity index (χ3n) is 11.5. The molecular formula is C49H32N2. The SMILES string of the molecule is CC1(C)c2ccccc2-c2cc3c4ccccc4c4cc(-c5ccc(-c6ccc7c8ccccc8c8cccnc8c7n6)cc5)ccc4c3cc21. The van der Waals surface area contributed by atoms with E-state index in [-0.39, 0.29) is 5.41 Å². The number of nitrogens with zero attached hydrogens (tertiary/aromatic N) is 2. The molecule has 0 radical (unpaired) electrons. The molecule has 0 aliphatic heterocycles. The lowest BCUT2D eigenvalue weighted by atomic mass is 9.81. The molecule has 0 fully saturated rings. The van der Waals surface area contributed by atoms with Crippen molar-refractivity contribution in [1.29, 1.82) is 0 Å². The molecule has 2 aromatic heterocycles. The molecule has 0 saturated heterocycles. The highest BCUT2D eigenvalue weighted by Gasteiger charge is 2.35. The standard InChI is InChI=1S/C49H32N2/c1-49(2)44-16-8-7-14-37(44)43-27-41-35-13-6-5-12-34(35)40-26-31(21-22-36(40)42(41)28-45(43)49)29-17-19-30(20-18-29)46-24-23-39-33-11-4-3-10-32(33)38-15-9-25-50-47(38)48(39)51-46/h3-28H,1-2H3. The number of rotatable bonds is 2. The number of fused-ring (bicyclic) bond motifs is 15. The maximum absolute atomic E-state index is 5.22. The molecule has 2 heterocycles. The number of benzene rings is 8. The number of aromatic nitrogens is 2. The van der Waals surface area contributed by atoms with E-state index in [1.54, 1.807) is 0 Å². The highest BCUT2D eigenvalue weighted by Crippen LogP contribution is 2.51. The summed E-state index contributed by atoms with van der Waals surface area (Å²) in [4.78, 5) is 10.0. The first-order valence-corrected chi connectivity index (χ1v) is 17.7. The summed E-state index contributed by atoms with van der Waals surface area (Å²) in [6, 6.07) is 55.7. The van der Waals surface area contributed by atoms with E-state index in [0.717, 1.165) is 33.1 Å². The van der Waals surface area contributed by atoms with E-state index >= 15 is 0 Å². The van der Waals surface area contributed by atoms with E-state index in [9.17, 15) is 0 Å². The molecule has 0 unspecified atom stereocenters. The highest BCUT2D eigenvalue weighted by molar-refractivity contribution is 6.27. The van der Waals surface area contributed by atoms with Crippen LogP contribution in [-0.4, -0.2) is 9.97 Å². The normalized spacial score (nSPS) is 13.5. The van der Waals surface area contributed by atoms with Crippen LogP contribution in [0.15, 0.2) is 158 Å². The Balaban J connectivity index is 1.04. The van der Waals surface area contributed by atoms with Crippen molar-refractivity contribution in [3.63, 3.8) is 0 Å². The topological polar surface area (TPSA) is 25.8 Å². The first kappa shape index (κ1) is 28.5. The lowest BCUT2D eigenvalue weighted by molar-refractivity contribution is 0.661. The van der Waals surface area contributed by atoms with Crippen molar-refractivity contribution < 1.29 is 0 Å². The maximum atomic E-state index is 5.22. The zero-order valence-electron chi connectivity index (χ0n) is 28.4. The van der Waals surface area contributed by atoms with Gasteiger partial charge in [0.25, 0.3) is 0 Å². The summed E-state index contributed by atoms with van der Waals surface area (Å²) in [7, 11) is 0. The third-order valence-corrected chi connectivity index (χ3v) is 11.5. The molecule has 1 aliphatic rings. The van der Waals surface area contributed by atoms with Gasteiger partial charge in [-0.3, -0.25) is 4.98 Å². The Morgan fingerprint density at radius 1 is 0.373 bits per heavy atom. The summed E-state index contributed by atoms with van der Waals surface area (Å²) in [5.74, 6) is 0. The Bertz CT molecular complexity index is 3060. The summed E-state index contributed by atoms with van der Waals surface area (Å²) in [6.45, 7) is 4.73. The first-order valence-electron chi connectivity index (χ1n) is 17.7. The maximum Gasteiger partial charge on any atom is 0.0978 e. The van der Waals surface area contributed by atoms with Crippen molar-refractivity contribution in [1.82, 2.24) is 9.97 Å². The van der Waals surface area contributed by atoms with Crippen LogP contribution in [0.1, 0.15) is 25.0 Å². The molecule has 0 bridgehead atoms. The van der Waals surface area contributed by atoms with Gasteiger partial charge in [0.2, 0.25) is 0 Å². The van der Waals surface area contributed by atoms with Gasteiger partial charge in [0.15, 0.2) is 0 Å². The van der Waals surface area contributed by atoms with Gasteiger partial charge in [-0.1, -0.05) is 129 Å². The Kier molecular flexibility index (Phi) is 5.76. The molecular weight excluding hydrogens is 617 g/mol. The first-order chi connectivity index (χ1) is 25.0. The van der Waals surface area contributed by atoms with Gasteiger partial charge in [0.05, 0.1) is 16.7 Å². The van der Waals surface area contributed by atoms with Crippen LogP contribution in [0.2, 0.25) is 0 Å². The van der Waals surface area contributed by atoms with Gasteiger partial charge in [-0.2, -0.15) is 0 Å². The van der Waals surface area contributed by atoms with Crippen LogP contribution in [0.3, 0.4) is 0 Å². The van der Waals surface area contributed by atoms with Gasteiger partial charge >= 0.3 is 0 Å². The molecule has 0 spiro atoms. The lowest BCUT2D eigenvalue weighted by Gasteiger charge is -2.22. The molecule has 0 N–H and O–H groups in total. The molecule has 11 rings (SSSR count). The van der Waals surface area contributed by atoms with E-state index in [4.69, 9.17) is 9.97 Å². The Morgan fingerprint density at radius 3 is 1.69 bits per heavy atom. The van der Waals surface area contributed by atoms with E-state index in [1.165, 1.54) is 76.5 Å². The zero-order valence-corrected chi connectivity index (χ0v) is 28.4. The van der Waals surface area contributed by atoms with Crippen LogP contribution in [0.25, 0.3) is 98.4 Å². The van der Waals surface area contributed by atoms with Crippen molar-refractivity contribution in [2.45, 2.75) is 19.3 Å². The van der Waals surface area contributed by atoms with E-state index in [1.807, 2.05) is 12.3 Å². The molecule has 0 saturated carbocycles. The minimum absolute atomic E-state index is 0.0446. The van der Waals surface area contributed by atoms with Crippen molar-refractivity contribution in [2.24, 2.45) is 0 Å². The second kappa shape index (κ2) is 10.3. The van der Waals surface area contributed by atoms with Crippen LogP contribution < -0.4 is 0 Å². The minimum Gasteiger partial charge on any atom is -0.254 e. The lowest BCUT2D eigenvalue weighted by Crippen LogP contribution is -2.14. The summed E-state index contributed by atoms with van der Waals surface area (Å²) in [5.41, 5.74) is 11.8. The highest BCUT2D eigenvalue weighted by atomic mass is 14.8. The van der Waals surface area contributed by atoms with Gasteiger partial charge in [-0.15, -0.1) is 0 Å². The predicted molar refractivity (Wildman–Crippen MR) is 216 cm³/mol. The van der Waals surface area contributed by atoms with E-state index in [0.29, 0.717) is 0 Å². The van der Waals surface area contributed by atoms with Gasteiger partial charge in [0, 0.05) is 27.9 Å². The summed E-state index contributed by atoms with van der Waals surface area (Å²) >= 11 is 0. The largest absolute Gasteiger partial charge is 0.254 e. The average Bonchev–Trinajstić information content (AvgIpc) is 3.42. The average molecular weight is 649 g/mol. The molecule has 238 valence electrons. The van der Waals surface area contributed by atoms with Gasteiger partial charge in [-0.05, 0) is 113 Å². The van der Waals surface area contributed by atoms with Crippen molar-refractivity contribution >= 4 is 64.9 Å². The van der Waals surface area contributed by atoms with Crippen LogP contribution in [0, 0.1) is 0 Å². The fraction of sp³-hybridized carbons (Fsp3) is 0.0612. The second-order valence-corrected chi connectivity index (χ2v) is 14.5. The van der Waals surface area contributed by atoms with Crippen LogP contribution in [-0.2, 0) is 5.41 Å². The van der Waals surface area contributed by atoms with Crippen molar-refractivity contribution in [3.05, 3.63) is 169 Å². The molecule has 0 amide bonds. The number of pyridine rings is 2. The zero-order chi connectivity index (χ0) is 33.8. The Morgan fingerprint density at radius 2 is 0.922 bits per heavy atom. The number of hydrogen-bond acceptors (Lipinski definition) is 2. The molecule has 2 nitrogen and oxygen atoms in total. The number of hydrogen-bond donors (Lipinski definition) is 0. The molecule has 10 aromatic rings. The van der Waals surface area contributed by atoms with Crippen LogP contribution >= 0.6 is 0 Å². The monoisotopic (exact) mass is 648 g/mol. The minimum atomic E-state index is -0.0446. The van der Waals surface area contributed by atoms with Crippen molar-refractivity contribution in [2.75, 3.05) is 0 Å². The Hall–Kier alpha value is -6.38. The molecule has 2 heteroatoms. The molecule has 8 aromatic carbocycles. The Labute approximate surface area is 295 Å². The van der Waals surface area contributed by atoms with E-state index < -0.39 is 0 Å². The summed E-state index contributed by atoms with van der Waals surface area (Å²) in [5, 5.41) is 12.5. The molecule has 1 aliphatic carbocycles. The molecule has 0 atom stereocenters. The fourth-order valence-corrected chi connectivity index (χ4v) is 8.94. The van der Waals surface area contributed by atoms with Crippen LogP contribution in [0.4, 0.5) is 0 Å². The van der Waals surface area contributed by atoms with Gasteiger partial charge in [-0.25, -0.2) is 4.98 Å². The summed E-state index contributed by atoms with van der Waals surface area (Å²) < 4.78 is 0. The smallest absolute Gasteiger partial charge is 0.0978 e. The van der Waals surface area contributed by atoms with Crippen LogP contribution in [0.5, 0.6) is 0 Å². The molecule has 51 heavy (non-hydrogen) atoms. The summed E-state index contributed by atoms with van der Waals surface area (Å²) in [6.07, 6.45) is 1.86. The predicted octanol–water partition coefficient (Wildman–Crippen LogP) is 13.0. The van der Waals surface area contributed by atoms with Gasteiger partial charge < -0.3 is 0 Å². The second-order valence-electron chi connectivity index (χ2n) is 14.5. The van der Waals surface area contributed by atoms with Crippen molar-refractivity contribution in [3.8, 4) is 33.5 Å². The van der Waals surface area contributed by atoms with E-state index in [2.05, 4.69) is 159 Å².